The number of benzene rings is 2. The zero-order valence-electron chi connectivity index (χ0n) is 15.8. The Morgan fingerprint density at radius 1 is 1.21 bits per heavy atom. The van der Waals surface area contributed by atoms with Crippen LogP contribution >= 0.6 is 0 Å². The second-order valence-corrected chi connectivity index (χ2v) is 6.96. The summed E-state index contributed by atoms with van der Waals surface area (Å²) < 4.78 is 20.5. The van der Waals surface area contributed by atoms with Crippen molar-refractivity contribution in [2.24, 2.45) is 0 Å². The first-order valence-electron chi connectivity index (χ1n) is 9.58. The maximum atomic E-state index is 13.0. The van der Waals surface area contributed by atoms with Gasteiger partial charge in [0.2, 0.25) is 0 Å². The van der Waals surface area contributed by atoms with Gasteiger partial charge in [0.15, 0.2) is 5.69 Å². The molecule has 1 amide bonds. The molecular formula is C21H22FN5O2. The number of hydrogen-bond acceptors (Lipinski definition) is 5. The van der Waals surface area contributed by atoms with Crippen molar-refractivity contribution in [1.29, 1.82) is 0 Å². The summed E-state index contributed by atoms with van der Waals surface area (Å²) in [7, 11) is 0. The van der Waals surface area contributed by atoms with Crippen LogP contribution in [-0.2, 0) is 6.61 Å². The first-order valence-corrected chi connectivity index (χ1v) is 9.58. The topological polar surface area (TPSA) is 81.1 Å². The Bertz CT molecular complexity index is 967. The lowest BCUT2D eigenvalue weighted by Crippen LogP contribution is -2.29. The average molecular weight is 395 g/mol. The van der Waals surface area contributed by atoms with Crippen molar-refractivity contribution < 1.29 is 13.9 Å². The third-order valence-corrected chi connectivity index (χ3v) is 4.84. The van der Waals surface area contributed by atoms with Gasteiger partial charge in [0.25, 0.3) is 5.91 Å². The number of rotatable bonds is 6. The molecule has 1 aromatic heterocycles. The van der Waals surface area contributed by atoms with Crippen LogP contribution in [0.5, 0.6) is 5.75 Å². The number of halogens is 1. The number of anilines is 1. The number of nitrogens with zero attached hydrogens (tertiary/aromatic N) is 3. The molecule has 3 aromatic rings. The second kappa shape index (κ2) is 8.83. The van der Waals surface area contributed by atoms with Gasteiger partial charge in [-0.3, -0.25) is 4.79 Å². The lowest BCUT2D eigenvalue weighted by Gasteiger charge is -2.22. The van der Waals surface area contributed by atoms with Crippen molar-refractivity contribution in [2.75, 3.05) is 18.4 Å². The molecule has 1 aliphatic heterocycles. The highest BCUT2D eigenvalue weighted by Gasteiger charge is 2.18. The van der Waals surface area contributed by atoms with E-state index in [2.05, 4.69) is 20.9 Å². The molecule has 0 spiro atoms. The van der Waals surface area contributed by atoms with Crippen molar-refractivity contribution in [1.82, 2.24) is 20.3 Å². The molecule has 0 saturated carbocycles. The molecule has 29 heavy (non-hydrogen) atoms. The van der Waals surface area contributed by atoms with E-state index in [1.165, 1.54) is 12.1 Å². The first kappa shape index (κ1) is 19.1. The molecule has 7 nitrogen and oxygen atoms in total. The molecule has 150 valence electrons. The molecule has 4 rings (SSSR count). The molecule has 1 saturated heterocycles. The van der Waals surface area contributed by atoms with Crippen LogP contribution in [0.2, 0.25) is 0 Å². The maximum absolute atomic E-state index is 13.0. The van der Waals surface area contributed by atoms with Gasteiger partial charge in [0.1, 0.15) is 18.2 Å². The highest BCUT2D eigenvalue weighted by Crippen LogP contribution is 2.20. The predicted octanol–water partition coefficient (Wildman–Crippen LogP) is 3.17. The Hall–Kier alpha value is -3.26. The zero-order valence-corrected chi connectivity index (χ0v) is 15.8. The van der Waals surface area contributed by atoms with E-state index < -0.39 is 0 Å². The van der Waals surface area contributed by atoms with Gasteiger partial charge in [-0.05, 0) is 55.8 Å². The van der Waals surface area contributed by atoms with Crippen LogP contribution < -0.4 is 15.4 Å². The minimum Gasteiger partial charge on any atom is -0.489 e. The fourth-order valence-electron chi connectivity index (χ4n) is 3.24. The Kier molecular flexibility index (Phi) is 5.81. The highest BCUT2D eigenvalue weighted by molar-refractivity contribution is 6.02. The molecule has 0 unspecified atom stereocenters. The number of nitrogens with one attached hydrogen (secondary N) is 2. The molecule has 0 atom stereocenters. The first-order chi connectivity index (χ1) is 14.2. The van der Waals surface area contributed by atoms with E-state index in [1.54, 1.807) is 47.3 Å². The summed E-state index contributed by atoms with van der Waals surface area (Å²) in [6, 6.07) is 13.5. The van der Waals surface area contributed by atoms with Crippen LogP contribution in [0.1, 0.15) is 34.9 Å². The van der Waals surface area contributed by atoms with Crippen LogP contribution in [0.4, 0.5) is 10.1 Å². The summed E-state index contributed by atoms with van der Waals surface area (Å²) >= 11 is 0. The van der Waals surface area contributed by atoms with Gasteiger partial charge in [-0.15, -0.1) is 5.10 Å². The van der Waals surface area contributed by atoms with Crippen LogP contribution in [0, 0.1) is 5.82 Å². The average Bonchev–Trinajstić information content (AvgIpc) is 3.25. The van der Waals surface area contributed by atoms with Gasteiger partial charge < -0.3 is 15.4 Å². The quantitative estimate of drug-likeness (QED) is 0.670. The third kappa shape index (κ3) is 4.97. The van der Waals surface area contributed by atoms with E-state index in [4.69, 9.17) is 4.74 Å². The molecule has 1 fully saturated rings. The van der Waals surface area contributed by atoms with E-state index in [0.717, 1.165) is 31.5 Å². The summed E-state index contributed by atoms with van der Waals surface area (Å²) in [6.07, 6.45) is 3.63. The van der Waals surface area contributed by atoms with Crippen LogP contribution in [0.3, 0.4) is 0 Å². The summed E-state index contributed by atoms with van der Waals surface area (Å²) in [5.74, 6) is 0.00176. The fourth-order valence-corrected chi connectivity index (χ4v) is 3.24. The zero-order chi connectivity index (χ0) is 20.1. The maximum Gasteiger partial charge on any atom is 0.277 e. The van der Waals surface area contributed by atoms with Crippen molar-refractivity contribution >= 4 is 11.6 Å². The van der Waals surface area contributed by atoms with E-state index in [0.29, 0.717) is 18.0 Å². The SMILES string of the molecule is O=C(Nc1cccc(OCc2ccc(F)cc2)c1)c1cn(C2CCNCC2)nn1. The van der Waals surface area contributed by atoms with E-state index >= 15 is 0 Å². The second-order valence-electron chi connectivity index (χ2n) is 6.96. The van der Waals surface area contributed by atoms with E-state index in [1.807, 2.05) is 0 Å². The molecule has 2 aromatic carbocycles. The van der Waals surface area contributed by atoms with Gasteiger partial charge in [-0.2, -0.15) is 0 Å². The predicted molar refractivity (Wildman–Crippen MR) is 106 cm³/mol. The molecular weight excluding hydrogens is 373 g/mol. The van der Waals surface area contributed by atoms with Crippen molar-refractivity contribution in [3.63, 3.8) is 0 Å². The number of hydrogen-bond donors (Lipinski definition) is 2. The number of aromatic nitrogens is 3. The molecule has 0 aliphatic carbocycles. The minimum atomic E-state index is -0.319. The Balaban J connectivity index is 1.36. The molecule has 2 heterocycles. The summed E-state index contributed by atoms with van der Waals surface area (Å²) in [4.78, 5) is 12.5. The van der Waals surface area contributed by atoms with Gasteiger partial charge in [-0.25, -0.2) is 9.07 Å². The molecule has 0 radical (unpaired) electrons. The van der Waals surface area contributed by atoms with Crippen molar-refractivity contribution in [3.05, 3.63) is 71.8 Å². The lowest BCUT2D eigenvalue weighted by molar-refractivity contribution is 0.102. The van der Waals surface area contributed by atoms with Gasteiger partial charge in [0, 0.05) is 11.8 Å². The molecule has 1 aliphatic rings. The summed E-state index contributed by atoms with van der Waals surface area (Å²) in [6.45, 7) is 2.19. The monoisotopic (exact) mass is 395 g/mol. The summed E-state index contributed by atoms with van der Waals surface area (Å²) in [5.41, 5.74) is 1.74. The van der Waals surface area contributed by atoms with Gasteiger partial charge in [-0.1, -0.05) is 23.4 Å². The van der Waals surface area contributed by atoms with Crippen LogP contribution in [0.25, 0.3) is 0 Å². The number of piperidine rings is 1. The Labute approximate surface area is 167 Å². The standard InChI is InChI=1S/C21H22FN5O2/c22-16-6-4-15(5-7-16)14-29-19-3-1-2-17(12-19)24-21(28)20-13-27(26-25-20)18-8-10-23-11-9-18/h1-7,12-13,18,23H,8-11,14H2,(H,24,28). The van der Waals surface area contributed by atoms with Crippen molar-refractivity contribution in [2.45, 2.75) is 25.5 Å². The van der Waals surface area contributed by atoms with Gasteiger partial charge in [0.05, 0.1) is 12.2 Å². The summed E-state index contributed by atoms with van der Waals surface area (Å²) in [5, 5.41) is 14.3. The third-order valence-electron chi connectivity index (χ3n) is 4.84. The van der Waals surface area contributed by atoms with Gasteiger partial charge >= 0.3 is 0 Å². The number of carbonyl (C=O) groups is 1. The van der Waals surface area contributed by atoms with E-state index in [-0.39, 0.29) is 23.5 Å². The number of ether oxygens (including phenoxy) is 1. The van der Waals surface area contributed by atoms with Crippen LogP contribution in [0.15, 0.2) is 54.7 Å². The molecule has 8 heteroatoms. The normalized spacial score (nSPS) is 14.5. The van der Waals surface area contributed by atoms with Crippen molar-refractivity contribution in [3.8, 4) is 5.75 Å². The fraction of sp³-hybridized carbons (Fsp3) is 0.286. The number of amides is 1. The van der Waals surface area contributed by atoms with E-state index in [9.17, 15) is 9.18 Å². The number of carbonyl (C=O) groups excluding carboxylic acids is 1. The largest absolute Gasteiger partial charge is 0.489 e. The molecule has 0 bridgehead atoms. The highest BCUT2D eigenvalue weighted by atomic mass is 19.1. The lowest BCUT2D eigenvalue weighted by atomic mass is 10.1. The smallest absolute Gasteiger partial charge is 0.277 e. The minimum absolute atomic E-state index is 0.272. The molecule has 2 N–H and O–H groups in total. The Morgan fingerprint density at radius 2 is 2.00 bits per heavy atom. The Morgan fingerprint density at radius 3 is 2.79 bits per heavy atom. The van der Waals surface area contributed by atoms with Crippen LogP contribution in [-0.4, -0.2) is 34.0 Å².